The lowest BCUT2D eigenvalue weighted by atomic mass is 10.4. The molecule has 1 aliphatic rings. The Morgan fingerprint density at radius 2 is 2.28 bits per heavy atom. The molecule has 2 heterocycles. The van der Waals surface area contributed by atoms with Gasteiger partial charge in [-0.25, -0.2) is 13.2 Å². The second-order valence-corrected chi connectivity index (χ2v) is 7.84. The largest absolute Gasteiger partial charge is 0.351 e. The Labute approximate surface area is 114 Å². The van der Waals surface area contributed by atoms with Gasteiger partial charge in [-0.2, -0.15) is 0 Å². The maximum atomic E-state index is 12.4. The molecule has 0 saturated carbocycles. The summed E-state index contributed by atoms with van der Waals surface area (Å²) in [6, 6.07) is 2.23. The predicted molar refractivity (Wildman–Crippen MR) is 69.5 cm³/mol. The summed E-state index contributed by atoms with van der Waals surface area (Å²) in [5.74, 6) is 0. The van der Waals surface area contributed by atoms with Crippen LogP contribution in [0, 0.1) is 0 Å². The third-order valence-corrected chi connectivity index (χ3v) is 6.47. The van der Waals surface area contributed by atoms with Crippen molar-refractivity contribution in [2.75, 3.05) is 19.6 Å². The van der Waals surface area contributed by atoms with Gasteiger partial charge in [0, 0.05) is 19.6 Å². The molecule has 9 heteroatoms. The fraction of sp³-hybridized carbons (Fsp3) is 0.444. The predicted octanol–water partition coefficient (Wildman–Crippen LogP) is 0.485. The molecule has 3 N–H and O–H groups in total. The van der Waals surface area contributed by atoms with E-state index in [1.807, 2.05) is 0 Å². The summed E-state index contributed by atoms with van der Waals surface area (Å²) in [5, 5.41) is 1.97. The normalized spacial score (nSPS) is 20.9. The number of carbonyl (C=O) groups is 1. The third-order valence-electron chi connectivity index (χ3n) is 2.67. The number of sulfone groups is 1. The standard InChI is InChI=1S/C9H12ClN3O3S2/c10-6-1-2-8(17-6)18(15,16)7-5-12-3-4-13(7)9(11)14/h1-2,7,12H,3-5H2,(H2,11,14). The molecule has 1 aliphatic heterocycles. The molecular formula is C9H12ClN3O3S2. The van der Waals surface area contributed by atoms with Crippen LogP contribution < -0.4 is 11.1 Å². The molecule has 0 bridgehead atoms. The van der Waals surface area contributed by atoms with Crippen molar-refractivity contribution in [2.45, 2.75) is 9.58 Å². The molecule has 2 amide bonds. The van der Waals surface area contributed by atoms with E-state index in [4.69, 9.17) is 17.3 Å². The lowest BCUT2D eigenvalue weighted by molar-refractivity contribution is 0.189. The number of nitrogens with two attached hydrogens (primary N) is 1. The first kappa shape index (κ1) is 13.6. The van der Waals surface area contributed by atoms with Crippen LogP contribution in [0.5, 0.6) is 0 Å². The van der Waals surface area contributed by atoms with Crippen molar-refractivity contribution in [2.24, 2.45) is 5.73 Å². The number of nitrogens with one attached hydrogen (secondary N) is 1. The molecular weight excluding hydrogens is 298 g/mol. The van der Waals surface area contributed by atoms with E-state index in [2.05, 4.69) is 5.32 Å². The highest BCUT2D eigenvalue weighted by Crippen LogP contribution is 2.29. The summed E-state index contributed by atoms with van der Waals surface area (Å²) in [6.07, 6.45) is 0. The minimum atomic E-state index is -3.64. The number of piperazine rings is 1. The second-order valence-electron chi connectivity index (χ2n) is 3.79. The van der Waals surface area contributed by atoms with Crippen LogP contribution in [0.25, 0.3) is 0 Å². The molecule has 1 saturated heterocycles. The highest BCUT2D eigenvalue weighted by molar-refractivity contribution is 7.94. The number of nitrogens with zero attached hydrogens (tertiary/aromatic N) is 1. The zero-order valence-electron chi connectivity index (χ0n) is 9.30. The molecule has 18 heavy (non-hydrogen) atoms. The Bertz CT molecular complexity index is 557. The lowest BCUT2D eigenvalue weighted by Crippen LogP contribution is -2.58. The molecule has 0 spiro atoms. The van der Waals surface area contributed by atoms with Gasteiger partial charge in [0.1, 0.15) is 4.21 Å². The zero-order chi connectivity index (χ0) is 13.3. The van der Waals surface area contributed by atoms with E-state index in [0.29, 0.717) is 10.9 Å². The van der Waals surface area contributed by atoms with Gasteiger partial charge in [-0.15, -0.1) is 11.3 Å². The number of amides is 2. The zero-order valence-corrected chi connectivity index (χ0v) is 11.7. The smallest absolute Gasteiger partial charge is 0.315 e. The number of halogens is 1. The summed E-state index contributed by atoms with van der Waals surface area (Å²) >= 11 is 6.71. The van der Waals surface area contributed by atoms with Crippen molar-refractivity contribution < 1.29 is 13.2 Å². The van der Waals surface area contributed by atoms with E-state index in [9.17, 15) is 13.2 Å². The van der Waals surface area contributed by atoms with Crippen LogP contribution in [0.4, 0.5) is 4.79 Å². The van der Waals surface area contributed by atoms with Crippen LogP contribution in [0.3, 0.4) is 0 Å². The summed E-state index contributed by atoms with van der Waals surface area (Å²) < 4.78 is 25.3. The molecule has 1 fully saturated rings. The van der Waals surface area contributed by atoms with Gasteiger partial charge >= 0.3 is 6.03 Å². The molecule has 1 aromatic rings. The SMILES string of the molecule is NC(=O)N1CCNCC1S(=O)(=O)c1ccc(Cl)s1. The number of primary amides is 1. The summed E-state index contributed by atoms with van der Waals surface area (Å²) in [6.45, 7) is 0.972. The fourth-order valence-corrected chi connectivity index (χ4v) is 5.18. The van der Waals surface area contributed by atoms with Crippen molar-refractivity contribution >= 4 is 38.8 Å². The Balaban J connectivity index is 2.36. The Kier molecular flexibility index (Phi) is 3.81. The van der Waals surface area contributed by atoms with Crippen LogP contribution in [-0.4, -0.2) is 44.4 Å². The highest BCUT2D eigenvalue weighted by atomic mass is 35.5. The van der Waals surface area contributed by atoms with E-state index < -0.39 is 21.2 Å². The number of thiophene rings is 1. The van der Waals surface area contributed by atoms with Crippen LogP contribution in [0.2, 0.25) is 4.34 Å². The van der Waals surface area contributed by atoms with Crippen molar-refractivity contribution in [1.29, 1.82) is 0 Å². The summed E-state index contributed by atoms with van der Waals surface area (Å²) in [7, 11) is -3.64. The molecule has 2 rings (SSSR count). The van der Waals surface area contributed by atoms with Crippen molar-refractivity contribution in [3.8, 4) is 0 Å². The van der Waals surface area contributed by atoms with Crippen molar-refractivity contribution in [1.82, 2.24) is 10.2 Å². The van der Waals surface area contributed by atoms with Crippen LogP contribution in [-0.2, 0) is 9.84 Å². The topological polar surface area (TPSA) is 92.5 Å². The van der Waals surface area contributed by atoms with Crippen molar-refractivity contribution in [3.63, 3.8) is 0 Å². The quantitative estimate of drug-likeness (QED) is 0.831. The molecule has 0 aliphatic carbocycles. The van der Waals surface area contributed by atoms with Crippen LogP contribution in [0.1, 0.15) is 0 Å². The van der Waals surface area contributed by atoms with E-state index in [0.717, 1.165) is 11.3 Å². The summed E-state index contributed by atoms with van der Waals surface area (Å²) in [4.78, 5) is 12.4. The maximum Gasteiger partial charge on any atom is 0.315 e. The lowest BCUT2D eigenvalue weighted by Gasteiger charge is -2.33. The first-order chi connectivity index (χ1) is 8.43. The van der Waals surface area contributed by atoms with E-state index in [-0.39, 0.29) is 17.3 Å². The van der Waals surface area contributed by atoms with Gasteiger partial charge in [0.25, 0.3) is 0 Å². The Morgan fingerprint density at radius 1 is 1.56 bits per heavy atom. The molecule has 1 unspecified atom stereocenters. The third kappa shape index (κ3) is 2.46. The molecule has 0 aromatic carbocycles. The first-order valence-corrected chi connectivity index (χ1v) is 7.93. The average Bonchev–Trinajstić information content (AvgIpc) is 2.76. The highest BCUT2D eigenvalue weighted by Gasteiger charge is 2.37. The van der Waals surface area contributed by atoms with E-state index in [1.165, 1.54) is 17.0 Å². The van der Waals surface area contributed by atoms with Gasteiger partial charge in [0.05, 0.1) is 4.34 Å². The van der Waals surface area contributed by atoms with Crippen molar-refractivity contribution in [3.05, 3.63) is 16.5 Å². The van der Waals surface area contributed by atoms with Gasteiger partial charge in [-0.05, 0) is 12.1 Å². The molecule has 6 nitrogen and oxygen atoms in total. The minimum absolute atomic E-state index is 0.146. The maximum absolute atomic E-state index is 12.4. The number of urea groups is 1. The number of rotatable bonds is 2. The molecule has 0 radical (unpaired) electrons. The Hall–Kier alpha value is -0.830. The molecule has 1 atom stereocenters. The molecule has 1 aromatic heterocycles. The minimum Gasteiger partial charge on any atom is -0.351 e. The number of hydrogen-bond acceptors (Lipinski definition) is 5. The number of hydrogen-bond donors (Lipinski definition) is 2. The van der Waals surface area contributed by atoms with Crippen LogP contribution in [0.15, 0.2) is 16.3 Å². The monoisotopic (exact) mass is 309 g/mol. The number of carbonyl (C=O) groups excluding carboxylic acids is 1. The molecule has 100 valence electrons. The average molecular weight is 310 g/mol. The van der Waals surface area contributed by atoms with Gasteiger partial charge in [0.15, 0.2) is 5.37 Å². The van der Waals surface area contributed by atoms with E-state index >= 15 is 0 Å². The van der Waals surface area contributed by atoms with Crippen LogP contribution >= 0.6 is 22.9 Å². The fourth-order valence-electron chi connectivity index (χ4n) is 1.79. The van der Waals surface area contributed by atoms with E-state index in [1.54, 1.807) is 0 Å². The van der Waals surface area contributed by atoms with Gasteiger partial charge in [-0.1, -0.05) is 11.6 Å². The van der Waals surface area contributed by atoms with Gasteiger partial charge in [-0.3, -0.25) is 0 Å². The van der Waals surface area contributed by atoms with Gasteiger partial charge in [0.2, 0.25) is 9.84 Å². The second kappa shape index (κ2) is 5.04. The first-order valence-electron chi connectivity index (χ1n) is 5.19. The summed E-state index contributed by atoms with van der Waals surface area (Å²) in [5.41, 5.74) is 5.21. The Morgan fingerprint density at radius 3 is 2.83 bits per heavy atom. The van der Waals surface area contributed by atoms with Gasteiger partial charge < -0.3 is 16.0 Å².